The van der Waals surface area contributed by atoms with Crippen molar-refractivity contribution in [1.82, 2.24) is 0 Å². The maximum Gasteiger partial charge on any atom is 0.201 e. The molecule has 5 heteroatoms. The highest BCUT2D eigenvalue weighted by atomic mass is 19.2. The highest BCUT2D eigenvalue weighted by molar-refractivity contribution is 5.71. The molecule has 0 saturated carbocycles. The van der Waals surface area contributed by atoms with E-state index in [0.717, 1.165) is 62.5 Å². The van der Waals surface area contributed by atoms with Gasteiger partial charge in [0.1, 0.15) is 5.82 Å². The number of hydrogen-bond acceptors (Lipinski definition) is 2. The Hall–Kier alpha value is -3.05. The molecule has 208 valence electrons. The Balaban J connectivity index is 1.39. The molecule has 1 saturated heterocycles. The van der Waals surface area contributed by atoms with E-state index in [-0.39, 0.29) is 23.2 Å². The van der Waals surface area contributed by atoms with Crippen molar-refractivity contribution >= 4 is 0 Å². The van der Waals surface area contributed by atoms with Crippen LogP contribution in [0.5, 0.6) is 5.75 Å². The standard InChI is InChI=1S/C34H39F3O2/c1-3-5-7-9-21-38-32-20-18-28(33(36)34(32)37)26-14-12-25(13-15-26)27-16-17-29(30(35)22-27)31-19-11-24(23-39-31)10-8-6-4-2/h4,6,12-18,20,22,24,31H,3,5,7-11,19,21,23H2,1-2H3/b6-4+. The molecule has 3 aromatic rings. The second kappa shape index (κ2) is 14.4. The molecule has 0 spiro atoms. The molecule has 1 heterocycles. The molecule has 0 aromatic heterocycles. The van der Waals surface area contributed by atoms with Gasteiger partial charge < -0.3 is 9.47 Å². The molecule has 1 aliphatic heterocycles. The van der Waals surface area contributed by atoms with Crippen molar-refractivity contribution in [2.24, 2.45) is 5.92 Å². The number of halogens is 3. The Kier molecular flexibility index (Phi) is 10.7. The Morgan fingerprint density at radius 3 is 2.33 bits per heavy atom. The van der Waals surface area contributed by atoms with Crippen molar-refractivity contribution in [2.45, 2.75) is 71.3 Å². The molecule has 1 aliphatic rings. The van der Waals surface area contributed by atoms with Crippen LogP contribution in [0.25, 0.3) is 22.3 Å². The lowest BCUT2D eigenvalue weighted by Crippen LogP contribution is -2.21. The lowest BCUT2D eigenvalue weighted by Gasteiger charge is -2.29. The summed E-state index contributed by atoms with van der Waals surface area (Å²) in [6.07, 6.45) is 12.0. The molecule has 39 heavy (non-hydrogen) atoms. The molecule has 2 nitrogen and oxygen atoms in total. The van der Waals surface area contributed by atoms with Gasteiger partial charge in [-0.3, -0.25) is 0 Å². The van der Waals surface area contributed by atoms with Crippen LogP contribution in [0.4, 0.5) is 13.2 Å². The first-order chi connectivity index (χ1) is 19.0. The van der Waals surface area contributed by atoms with Crippen molar-refractivity contribution in [3.63, 3.8) is 0 Å². The average molecular weight is 537 g/mol. The lowest BCUT2D eigenvalue weighted by molar-refractivity contribution is -0.0207. The lowest BCUT2D eigenvalue weighted by atomic mass is 9.90. The van der Waals surface area contributed by atoms with Gasteiger partial charge in [0.2, 0.25) is 5.82 Å². The number of benzene rings is 3. The molecule has 0 amide bonds. The third-order valence-corrected chi connectivity index (χ3v) is 7.53. The largest absolute Gasteiger partial charge is 0.490 e. The summed E-state index contributed by atoms with van der Waals surface area (Å²) < 4.78 is 56.1. The fourth-order valence-corrected chi connectivity index (χ4v) is 5.16. The molecule has 3 aromatic carbocycles. The van der Waals surface area contributed by atoms with Crippen LogP contribution in [0.2, 0.25) is 0 Å². The van der Waals surface area contributed by atoms with E-state index >= 15 is 4.39 Å². The van der Waals surface area contributed by atoms with Crippen LogP contribution in [-0.4, -0.2) is 13.2 Å². The molecular weight excluding hydrogens is 497 g/mol. The second-order valence-electron chi connectivity index (χ2n) is 10.4. The normalized spacial score (nSPS) is 17.6. The van der Waals surface area contributed by atoms with Gasteiger partial charge in [-0.15, -0.1) is 0 Å². The van der Waals surface area contributed by atoms with Gasteiger partial charge in [-0.25, -0.2) is 8.78 Å². The van der Waals surface area contributed by atoms with Gasteiger partial charge >= 0.3 is 0 Å². The first kappa shape index (κ1) is 28.9. The van der Waals surface area contributed by atoms with E-state index in [1.54, 1.807) is 36.4 Å². The fraction of sp³-hybridized carbons (Fsp3) is 0.412. The average Bonchev–Trinajstić information content (AvgIpc) is 2.96. The Morgan fingerprint density at radius 1 is 0.872 bits per heavy atom. The van der Waals surface area contributed by atoms with Gasteiger partial charge in [0, 0.05) is 11.1 Å². The minimum atomic E-state index is -0.973. The van der Waals surface area contributed by atoms with Crippen LogP contribution in [0.15, 0.2) is 66.7 Å². The number of allylic oxidation sites excluding steroid dienone is 2. The summed E-state index contributed by atoms with van der Waals surface area (Å²) in [6, 6.07) is 15.3. The maximum atomic E-state index is 15.1. The van der Waals surface area contributed by atoms with Crippen molar-refractivity contribution in [3.05, 3.63) is 89.8 Å². The van der Waals surface area contributed by atoms with Crippen molar-refractivity contribution < 1.29 is 22.6 Å². The predicted octanol–water partition coefficient (Wildman–Crippen LogP) is 10.2. The third-order valence-electron chi connectivity index (χ3n) is 7.53. The minimum absolute atomic E-state index is 0.0638. The Bertz CT molecular complexity index is 1230. The van der Waals surface area contributed by atoms with E-state index in [0.29, 0.717) is 30.3 Å². The van der Waals surface area contributed by atoms with Gasteiger partial charge in [0.25, 0.3) is 0 Å². The van der Waals surface area contributed by atoms with Crippen molar-refractivity contribution in [3.8, 4) is 28.0 Å². The zero-order valence-corrected chi connectivity index (χ0v) is 23.0. The molecule has 1 fully saturated rings. The van der Waals surface area contributed by atoms with E-state index < -0.39 is 11.6 Å². The number of unbranched alkanes of at least 4 members (excludes halogenated alkanes) is 3. The number of hydrogen-bond donors (Lipinski definition) is 0. The summed E-state index contributed by atoms with van der Waals surface area (Å²) in [4.78, 5) is 0. The summed E-state index contributed by atoms with van der Waals surface area (Å²) in [5.74, 6) is -1.73. The van der Waals surface area contributed by atoms with Crippen LogP contribution < -0.4 is 4.74 Å². The first-order valence-corrected chi connectivity index (χ1v) is 14.3. The Labute approximate surface area is 230 Å². The predicted molar refractivity (Wildman–Crippen MR) is 152 cm³/mol. The molecule has 0 aliphatic carbocycles. The molecule has 2 unspecified atom stereocenters. The quantitative estimate of drug-likeness (QED) is 0.169. The number of ether oxygens (including phenoxy) is 2. The van der Waals surface area contributed by atoms with Crippen molar-refractivity contribution in [2.75, 3.05) is 13.2 Å². The van der Waals surface area contributed by atoms with Gasteiger partial charge in [-0.05, 0) is 79.8 Å². The van der Waals surface area contributed by atoms with E-state index in [1.807, 2.05) is 13.0 Å². The summed E-state index contributed by atoms with van der Waals surface area (Å²) in [5.41, 5.74) is 2.82. The molecular formula is C34H39F3O2. The van der Waals surface area contributed by atoms with Crippen LogP contribution in [0.3, 0.4) is 0 Å². The molecule has 2 atom stereocenters. The maximum absolute atomic E-state index is 15.1. The van der Waals surface area contributed by atoms with E-state index in [1.165, 1.54) is 12.1 Å². The monoisotopic (exact) mass is 536 g/mol. The molecule has 0 radical (unpaired) electrons. The van der Waals surface area contributed by atoms with Crippen LogP contribution in [-0.2, 0) is 4.74 Å². The van der Waals surface area contributed by atoms with Gasteiger partial charge in [0.05, 0.1) is 19.3 Å². The zero-order valence-electron chi connectivity index (χ0n) is 23.0. The minimum Gasteiger partial charge on any atom is -0.490 e. The van der Waals surface area contributed by atoms with Crippen molar-refractivity contribution in [1.29, 1.82) is 0 Å². The summed E-state index contributed by atoms with van der Waals surface area (Å²) in [5, 5.41) is 0. The van der Waals surface area contributed by atoms with Crippen LogP contribution >= 0.6 is 0 Å². The van der Waals surface area contributed by atoms with E-state index in [2.05, 4.69) is 19.1 Å². The molecule has 4 rings (SSSR count). The van der Waals surface area contributed by atoms with Crippen LogP contribution in [0, 0.1) is 23.4 Å². The third kappa shape index (κ3) is 7.54. The molecule has 0 N–H and O–H groups in total. The summed E-state index contributed by atoms with van der Waals surface area (Å²) in [7, 11) is 0. The van der Waals surface area contributed by atoms with Gasteiger partial charge in [-0.2, -0.15) is 4.39 Å². The zero-order chi connectivity index (χ0) is 27.6. The highest BCUT2D eigenvalue weighted by Crippen LogP contribution is 2.36. The Morgan fingerprint density at radius 2 is 1.64 bits per heavy atom. The van der Waals surface area contributed by atoms with E-state index in [9.17, 15) is 8.78 Å². The molecule has 0 bridgehead atoms. The van der Waals surface area contributed by atoms with Gasteiger partial charge in [0.15, 0.2) is 11.6 Å². The first-order valence-electron chi connectivity index (χ1n) is 14.3. The summed E-state index contributed by atoms with van der Waals surface area (Å²) in [6.45, 7) is 5.17. The topological polar surface area (TPSA) is 18.5 Å². The fourth-order valence-electron chi connectivity index (χ4n) is 5.16. The van der Waals surface area contributed by atoms with Crippen LogP contribution in [0.1, 0.15) is 76.9 Å². The summed E-state index contributed by atoms with van der Waals surface area (Å²) >= 11 is 0. The van der Waals surface area contributed by atoms with Gasteiger partial charge in [-0.1, -0.05) is 74.7 Å². The SMILES string of the molecule is C/C=C/CCC1CCC(c2ccc(-c3ccc(-c4ccc(OCCCCCC)c(F)c4F)cc3)cc2F)OC1. The highest BCUT2D eigenvalue weighted by Gasteiger charge is 2.25. The number of rotatable bonds is 12. The van der Waals surface area contributed by atoms with E-state index in [4.69, 9.17) is 9.47 Å². The second-order valence-corrected chi connectivity index (χ2v) is 10.4. The smallest absolute Gasteiger partial charge is 0.201 e.